The van der Waals surface area contributed by atoms with Crippen LogP contribution in [0.15, 0.2) is 77.7 Å². The van der Waals surface area contributed by atoms with Crippen molar-refractivity contribution in [3.8, 4) is 5.75 Å². The van der Waals surface area contributed by atoms with Gasteiger partial charge in [0.2, 0.25) is 15.9 Å². The van der Waals surface area contributed by atoms with Gasteiger partial charge in [-0.1, -0.05) is 41.9 Å². The number of methoxy groups -OCH3 is 1. The van der Waals surface area contributed by atoms with Gasteiger partial charge in [0, 0.05) is 37.4 Å². The molecule has 11 heteroatoms. The number of nitrogens with zero attached hydrogens (tertiary/aromatic N) is 2. The Bertz CT molecular complexity index is 1410. The third-order valence-corrected chi connectivity index (χ3v) is 8.28. The standard InChI is InChI=1S/C28H31ClN4O5S/c1-32-14-16-33(17-15-32)28(35)21-8-10-22(11-9-21)30-27(34)25(18-20-6-4-3-5-7-20)31-39(36,37)23-12-13-26(38-2)24(29)19-23/h3-13,19,25,31H,14-18H2,1-2H3,(H,30,34). The highest BCUT2D eigenvalue weighted by atomic mass is 35.5. The molecule has 1 unspecified atom stereocenters. The number of likely N-dealkylation sites (N-methyl/N-ethyl adjacent to an activating group) is 1. The van der Waals surface area contributed by atoms with E-state index in [9.17, 15) is 18.0 Å². The number of benzene rings is 3. The summed E-state index contributed by atoms with van der Waals surface area (Å²) < 4.78 is 34.0. The molecule has 3 aromatic rings. The Morgan fingerprint density at radius 2 is 1.64 bits per heavy atom. The lowest BCUT2D eigenvalue weighted by Gasteiger charge is -2.32. The molecule has 39 heavy (non-hydrogen) atoms. The molecule has 0 aromatic heterocycles. The van der Waals surface area contributed by atoms with Crippen LogP contribution in [0, 0.1) is 0 Å². The van der Waals surface area contributed by atoms with Gasteiger partial charge in [0.15, 0.2) is 0 Å². The number of hydrogen-bond donors (Lipinski definition) is 2. The molecule has 3 aromatic carbocycles. The number of sulfonamides is 1. The number of amides is 2. The molecular formula is C28H31ClN4O5S. The van der Waals surface area contributed by atoms with Gasteiger partial charge in [0.1, 0.15) is 11.8 Å². The van der Waals surface area contributed by atoms with E-state index in [0.717, 1.165) is 18.7 Å². The van der Waals surface area contributed by atoms with Gasteiger partial charge in [-0.05, 0) is 61.5 Å². The van der Waals surface area contributed by atoms with Crippen LogP contribution in [0.1, 0.15) is 15.9 Å². The van der Waals surface area contributed by atoms with Crippen molar-refractivity contribution >= 4 is 39.1 Å². The summed E-state index contributed by atoms with van der Waals surface area (Å²) in [4.78, 5) is 30.0. The summed E-state index contributed by atoms with van der Waals surface area (Å²) in [5.74, 6) is -0.266. The molecule has 0 spiro atoms. The minimum Gasteiger partial charge on any atom is -0.495 e. The first-order valence-corrected chi connectivity index (χ1v) is 14.3. The lowest BCUT2D eigenvalue weighted by Crippen LogP contribution is -2.47. The molecule has 4 rings (SSSR count). The van der Waals surface area contributed by atoms with Crippen molar-refractivity contribution in [2.75, 3.05) is 45.7 Å². The fourth-order valence-electron chi connectivity index (χ4n) is 4.22. The molecule has 0 bridgehead atoms. The maximum atomic E-state index is 13.3. The van der Waals surface area contributed by atoms with Gasteiger partial charge in [-0.15, -0.1) is 0 Å². The highest BCUT2D eigenvalue weighted by Crippen LogP contribution is 2.27. The van der Waals surface area contributed by atoms with Crippen molar-refractivity contribution in [1.82, 2.24) is 14.5 Å². The van der Waals surface area contributed by atoms with Gasteiger partial charge in [0.05, 0.1) is 17.0 Å². The number of piperazine rings is 1. The van der Waals surface area contributed by atoms with E-state index in [-0.39, 0.29) is 22.2 Å². The predicted octanol–water partition coefficient (Wildman–Crippen LogP) is 3.26. The van der Waals surface area contributed by atoms with E-state index < -0.39 is 22.0 Å². The van der Waals surface area contributed by atoms with Crippen molar-refractivity contribution in [2.24, 2.45) is 0 Å². The van der Waals surface area contributed by atoms with Crippen LogP contribution >= 0.6 is 11.6 Å². The number of carbonyl (C=O) groups excluding carboxylic acids is 2. The minimum absolute atomic E-state index is 0.0613. The monoisotopic (exact) mass is 570 g/mol. The first-order chi connectivity index (χ1) is 18.7. The molecule has 1 atom stereocenters. The Morgan fingerprint density at radius 3 is 2.26 bits per heavy atom. The molecule has 1 aliphatic rings. The molecule has 2 amide bonds. The van der Waals surface area contributed by atoms with Gasteiger partial charge >= 0.3 is 0 Å². The number of nitrogens with one attached hydrogen (secondary N) is 2. The Labute approximate surface area is 233 Å². The van der Waals surface area contributed by atoms with Crippen LogP contribution < -0.4 is 14.8 Å². The first-order valence-electron chi connectivity index (χ1n) is 12.4. The van der Waals surface area contributed by atoms with Crippen LogP contribution in [0.25, 0.3) is 0 Å². The topological polar surface area (TPSA) is 108 Å². The molecule has 1 saturated heterocycles. The number of rotatable bonds is 9. The SMILES string of the molecule is COc1ccc(S(=O)(=O)NC(Cc2ccccc2)C(=O)Nc2ccc(C(=O)N3CCN(C)CC3)cc2)cc1Cl. The summed E-state index contributed by atoms with van der Waals surface area (Å²) in [6.45, 7) is 2.96. The van der Waals surface area contributed by atoms with Crippen molar-refractivity contribution in [3.05, 3.63) is 88.9 Å². The number of hydrogen-bond acceptors (Lipinski definition) is 6. The zero-order chi connectivity index (χ0) is 28.0. The third-order valence-electron chi connectivity index (χ3n) is 6.52. The number of ether oxygens (including phenoxy) is 1. The molecule has 2 N–H and O–H groups in total. The number of carbonyl (C=O) groups is 2. The first kappa shape index (κ1) is 28.6. The highest BCUT2D eigenvalue weighted by Gasteiger charge is 2.27. The maximum absolute atomic E-state index is 13.3. The molecule has 0 aliphatic carbocycles. The smallest absolute Gasteiger partial charge is 0.253 e. The summed E-state index contributed by atoms with van der Waals surface area (Å²) in [6, 6.07) is 18.7. The minimum atomic E-state index is -4.10. The van der Waals surface area contributed by atoms with Gasteiger partial charge in [-0.3, -0.25) is 9.59 Å². The van der Waals surface area contributed by atoms with Crippen molar-refractivity contribution in [1.29, 1.82) is 0 Å². The van der Waals surface area contributed by atoms with E-state index in [4.69, 9.17) is 16.3 Å². The molecule has 1 heterocycles. The van der Waals surface area contributed by atoms with E-state index in [2.05, 4.69) is 14.9 Å². The predicted molar refractivity (Wildman–Crippen MR) is 151 cm³/mol. The Kier molecular flexibility index (Phi) is 9.24. The zero-order valence-corrected chi connectivity index (χ0v) is 23.3. The van der Waals surface area contributed by atoms with E-state index in [1.54, 1.807) is 24.3 Å². The molecule has 206 valence electrons. The van der Waals surface area contributed by atoms with E-state index in [1.165, 1.54) is 25.3 Å². The Morgan fingerprint density at radius 1 is 0.974 bits per heavy atom. The Hall–Kier alpha value is -3.44. The van der Waals surface area contributed by atoms with Crippen LogP contribution in [-0.4, -0.2) is 76.4 Å². The summed E-state index contributed by atoms with van der Waals surface area (Å²) in [6.07, 6.45) is 0.121. The van der Waals surface area contributed by atoms with Crippen LogP contribution in [0.3, 0.4) is 0 Å². The van der Waals surface area contributed by atoms with Crippen LogP contribution in [0.5, 0.6) is 5.75 Å². The molecule has 9 nitrogen and oxygen atoms in total. The average Bonchev–Trinajstić information content (AvgIpc) is 2.93. The lowest BCUT2D eigenvalue weighted by atomic mass is 10.1. The second kappa shape index (κ2) is 12.6. The highest BCUT2D eigenvalue weighted by molar-refractivity contribution is 7.89. The van der Waals surface area contributed by atoms with Gasteiger partial charge in [-0.2, -0.15) is 4.72 Å². The molecule has 0 saturated carbocycles. The Balaban J connectivity index is 1.50. The van der Waals surface area contributed by atoms with Crippen molar-refractivity contribution in [2.45, 2.75) is 17.4 Å². The fraction of sp³-hybridized carbons (Fsp3) is 0.286. The van der Waals surface area contributed by atoms with Crippen molar-refractivity contribution in [3.63, 3.8) is 0 Å². The fourth-order valence-corrected chi connectivity index (χ4v) is 5.77. The van der Waals surface area contributed by atoms with E-state index in [1.807, 2.05) is 42.3 Å². The van der Waals surface area contributed by atoms with Gasteiger partial charge in [0.25, 0.3) is 5.91 Å². The molecule has 0 radical (unpaired) electrons. The van der Waals surface area contributed by atoms with E-state index >= 15 is 0 Å². The average molecular weight is 571 g/mol. The summed E-state index contributed by atoms with van der Waals surface area (Å²) in [5, 5.41) is 2.91. The largest absolute Gasteiger partial charge is 0.495 e. The maximum Gasteiger partial charge on any atom is 0.253 e. The van der Waals surface area contributed by atoms with Crippen LogP contribution in [0.4, 0.5) is 5.69 Å². The number of anilines is 1. The zero-order valence-electron chi connectivity index (χ0n) is 21.8. The normalized spacial score (nSPS) is 15.0. The van der Waals surface area contributed by atoms with Gasteiger partial charge < -0.3 is 19.9 Å². The van der Waals surface area contributed by atoms with Crippen LogP contribution in [0.2, 0.25) is 5.02 Å². The molecule has 1 aliphatic heterocycles. The summed E-state index contributed by atoms with van der Waals surface area (Å²) >= 11 is 6.14. The third kappa shape index (κ3) is 7.36. The number of halogens is 1. The second-order valence-corrected chi connectivity index (χ2v) is 11.4. The second-order valence-electron chi connectivity index (χ2n) is 9.32. The van der Waals surface area contributed by atoms with E-state index in [0.29, 0.717) is 30.1 Å². The molecular weight excluding hydrogens is 540 g/mol. The summed E-state index contributed by atoms with van der Waals surface area (Å²) in [7, 11) is -0.646. The lowest BCUT2D eigenvalue weighted by molar-refractivity contribution is -0.117. The summed E-state index contributed by atoms with van der Waals surface area (Å²) in [5.41, 5.74) is 1.75. The molecule has 1 fully saturated rings. The van der Waals surface area contributed by atoms with Gasteiger partial charge in [-0.25, -0.2) is 8.42 Å². The quantitative estimate of drug-likeness (QED) is 0.409. The van der Waals surface area contributed by atoms with Crippen molar-refractivity contribution < 1.29 is 22.7 Å². The van der Waals surface area contributed by atoms with Crippen LogP contribution in [-0.2, 0) is 21.2 Å².